The normalized spacial score (nSPS) is 13.1. The van der Waals surface area contributed by atoms with Gasteiger partial charge in [0.2, 0.25) is 0 Å². The number of hydrogen-bond acceptors (Lipinski definition) is 4. The maximum absolute atomic E-state index is 10.7. The van der Waals surface area contributed by atoms with Crippen molar-refractivity contribution >= 4 is 6.09 Å². The predicted octanol–water partition coefficient (Wildman–Crippen LogP) is 1.46. The van der Waals surface area contributed by atoms with E-state index in [0.717, 1.165) is 32.5 Å². The summed E-state index contributed by atoms with van der Waals surface area (Å²) in [5, 5.41) is 0. The molecule has 0 saturated carbocycles. The minimum absolute atomic E-state index is 0.0803. The number of carbonyl (C=O) groups is 1. The Hall–Kier alpha value is -0.810. The highest BCUT2D eigenvalue weighted by atomic mass is 16.6. The molecule has 1 unspecified atom stereocenters. The molecule has 17 heavy (non-hydrogen) atoms. The molecule has 0 aliphatic carbocycles. The maximum atomic E-state index is 10.7. The fraction of sp³-hybridized carbons (Fsp3) is 0.917. The van der Waals surface area contributed by atoms with Gasteiger partial charge in [-0.25, -0.2) is 4.79 Å². The van der Waals surface area contributed by atoms with E-state index >= 15 is 0 Å². The third-order valence-electron chi connectivity index (χ3n) is 2.72. The Kier molecular flexibility index (Phi) is 8.80. The zero-order valence-electron chi connectivity index (χ0n) is 11.4. The number of hydrogen-bond donors (Lipinski definition) is 1. The van der Waals surface area contributed by atoms with Crippen LogP contribution < -0.4 is 5.73 Å². The number of carbonyl (C=O) groups excluding carboxylic acids is 1. The van der Waals surface area contributed by atoms with Crippen LogP contribution in [0.1, 0.15) is 26.7 Å². The second-order valence-corrected chi connectivity index (χ2v) is 4.66. The summed E-state index contributed by atoms with van der Waals surface area (Å²) >= 11 is 0. The molecule has 0 aliphatic rings. The minimum Gasteiger partial charge on any atom is -0.446 e. The fourth-order valence-corrected chi connectivity index (χ4v) is 1.60. The van der Waals surface area contributed by atoms with Gasteiger partial charge < -0.3 is 20.1 Å². The van der Waals surface area contributed by atoms with E-state index in [2.05, 4.69) is 11.9 Å². The average molecular weight is 246 g/mol. The van der Waals surface area contributed by atoms with Gasteiger partial charge in [-0.3, -0.25) is 0 Å². The summed E-state index contributed by atoms with van der Waals surface area (Å²) in [4.78, 5) is 12.9. The van der Waals surface area contributed by atoms with E-state index in [9.17, 15) is 4.79 Å². The van der Waals surface area contributed by atoms with Crippen LogP contribution in [-0.2, 0) is 9.47 Å². The van der Waals surface area contributed by atoms with E-state index in [1.807, 2.05) is 13.8 Å². The molecule has 0 spiro atoms. The van der Waals surface area contributed by atoms with Crippen molar-refractivity contribution in [2.24, 2.45) is 11.7 Å². The Morgan fingerprint density at radius 2 is 2.00 bits per heavy atom. The van der Waals surface area contributed by atoms with Crippen molar-refractivity contribution in [2.75, 3.05) is 33.9 Å². The molecule has 0 fully saturated rings. The summed E-state index contributed by atoms with van der Waals surface area (Å²) in [6.45, 7) is 6.68. The topological polar surface area (TPSA) is 64.8 Å². The first-order valence-electron chi connectivity index (χ1n) is 6.11. The van der Waals surface area contributed by atoms with Crippen LogP contribution in [0.25, 0.3) is 0 Å². The number of ether oxygens (including phenoxy) is 2. The molecule has 1 amide bonds. The predicted molar refractivity (Wildman–Crippen MR) is 67.9 cm³/mol. The fourth-order valence-electron chi connectivity index (χ4n) is 1.60. The molecule has 5 nitrogen and oxygen atoms in total. The number of nitrogens with two attached hydrogens (primary N) is 1. The Bertz CT molecular complexity index is 210. The minimum atomic E-state index is -0.684. The van der Waals surface area contributed by atoms with E-state index in [1.165, 1.54) is 0 Å². The van der Waals surface area contributed by atoms with Crippen LogP contribution in [-0.4, -0.2) is 51.0 Å². The van der Waals surface area contributed by atoms with Gasteiger partial charge in [-0.2, -0.15) is 0 Å². The highest BCUT2D eigenvalue weighted by molar-refractivity contribution is 5.64. The van der Waals surface area contributed by atoms with Crippen molar-refractivity contribution in [3.8, 4) is 0 Å². The van der Waals surface area contributed by atoms with Crippen molar-refractivity contribution in [1.29, 1.82) is 0 Å². The lowest BCUT2D eigenvalue weighted by Crippen LogP contribution is -2.29. The molecule has 0 aromatic rings. The summed E-state index contributed by atoms with van der Waals surface area (Å²) < 4.78 is 10.1. The highest BCUT2D eigenvalue weighted by Gasteiger charge is 2.16. The molecular formula is C12H26N2O3. The second-order valence-electron chi connectivity index (χ2n) is 4.66. The second kappa shape index (κ2) is 9.24. The summed E-state index contributed by atoms with van der Waals surface area (Å²) in [6.07, 6.45) is 1.06. The van der Waals surface area contributed by atoms with Crippen molar-refractivity contribution in [3.63, 3.8) is 0 Å². The van der Waals surface area contributed by atoms with Crippen LogP contribution in [0.5, 0.6) is 0 Å². The average Bonchev–Trinajstić information content (AvgIpc) is 2.24. The van der Waals surface area contributed by atoms with Gasteiger partial charge in [0.15, 0.2) is 0 Å². The van der Waals surface area contributed by atoms with Crippen LogP contribution in [0.3, 0.4) is 0 Å². The van der Waals surface area contributed by atoms with Crippen LogP contribution in [0, 0.1) is 5.92 Å². The largest absolute Gasteiger partial charge is 0.446 e. The molecule has 0 radical (unpaired) electrons. The van der Waals surface area contributed by atoms with E-state index in [4.69, 9.17) is 15.2 Å². The first-order chi connectivity index (χ1) is 7.97. The number of methoxy groups -OCH3 is 1. The number of nitrogens with zero attached hydrogens (tertiary/aromatic N) is 1. The van der Waals surface area contributed by atoms with Crippen LogP contribution in [0.15, 0.2) is 0 Å². The lowest BCUT2D eigenvalue weighted by Gasteiger charge is -2.22. The Balaban J connectivity index is 3.77. The Labute approximate surface area is 104 Å². The first-order valence-corrected chi connectivity index (χ1v) is 6.11. The van der Waals surface area contributed by atoms with Crippen molar-refractivity contribution in [1.82, 2.24) is 4.90 Å². The van der Waals surface area contributed by atoms with Gasteiger partial charge in [-0.1, -0.05) is 13.8 Å². The van der Waals surface area contributed by atoms with Crippen LogP contribution in [0.2, 0.25) is 0 Å². The number of primary amides is 1. The molecular weight excluding hydrogens is 220 g/mol. The molecule has 0 saturated heterocycles. The molecule has 2 N–H and O–H groups in total. The molecule has 0 bridgehead atoms. The smallest absolute Gasteiger partial charge is 0.404 e. The third kappa shape index (κ3) is 8.94. The number of likely N-dealkylation sites (N-methyl/N-ethyl adjacent to an activating group) is 1. The molecule has 5 heteroatoms. The molecule has 0 aromatic carbocycles. The van der Waals surface area contributed by atoms with Crippen LogP contribution in [0.4, 0.5) is 4.79 Å². The van der Waals surface area contributed by atoms with E-state index in [0.29, 0.717) is 5.92 Å². The number of rotatable bonds is 9. The summed E-state index contributed by atoms with van der Waals surface area (Å²) in [5.74, 6) is 0.298. The van der Waals surface area contributed by atoms with E-state index in [1.54, 1.807) is 7.11 Å². The van der Waals surface area contributed by atoms with E-state index < -0.39 is 6.09 Å². The summed E-state index contributed by atoms with van der Waals surface area (Å²) in [5.41, 5.74) is 5.04. The lowest BCUT2D eigenvalue weighted by atomic mass is 10.0. The highest BCUT2D eigenvalue weighted by Crippen LogP contribution is 2.13. The van der Waals surface area contributed by atoms with E-state index in [-0.39, 0.29) is 6.10 Å². The first kappa shape index (κ1) is 16.2. The van der Waals surface area contributed by atoms with Crippen LogP contribution >= 0.6 is 0 Å². The van der Waals surface area contributed by atoms with Gasteiger partial charge in [0.05, 0.1) is 6.61 Å². The van der Waals surface area contributed by atoms with Gasteiger partial charge in [0.1, 0.15) is 6.10 Å². The summed E-state index contributed by atoms with van der Waals surface area (Å²) in [7, 11) is 3.75. The SMILES string of the molecule is COCCN(C)CCCC(OC(N)=O)C(C)C. The molecule has 102 valence electrons. The maximum Gasteiger partial charge on any atom is 0.404 e. The molecule has 1 atom stereocenters. The zero-order valence-corrected chi connectivity index (χ0v) is 11.4. The molecule has 0 heterocycles. The number of amides is 1. The van der Waals surface area contributed by atoms with Crippen molar-refractivity contribution in [3.05, 3.63) is 0 Å². The molecule has 0 aliphatic heterocycles. The Morgan fingerprint density at radius 3 is 2.47 bits per heavy atom. The zero-order chi connectivity index (χ0) is 13.3. The molecule has 0 aromatic heterocycles. The Morgan fingerprint density at radius 1 is 1.35 bits per heavy atom. The van der Waals surface area contributed by atoms with Gasteiger partial charge in [0, 0.05) is 13.7 Å². The standard InChI is InChI=1S/C12H26N2O3/c1-10(2)11(17-12(13)15)6-5-7-14(3)8-9-16-4/h10-11H,5-9H2,1-4H3,(H2,13,15). The van der Waals surface area contributed by atoms with Gasteiger partial charge in [-0.05, 0) is 32.4 Å². The van der Waals surface area contributed by atoms with Crippen molar-refractivity contribution in [2.45, 2.75) is 32.8 Å². The lowest BCUT2D eigenvalue weighted by molar-refractivity contribution is 0.0691. The van der Waals surface area contributed by atoms with Gasteiger partial charge >= 0.3 is 6.09 Å². The summed E-state index contributed by atoms with van der Waals surface area (Å²) in [6, 6.07) is 0. The monoisotopic (exact) mass is 246 g/mol. The van der Waals surface area contributed by atoms with Crippen molar-refractivity contribution < 1.29 is 14.3 Å². The van der Waals surface area contributed by atoms with Gasteiger partial charge in [0.25, 0.3) is 0 Å². The molecule has 0 rings (SSSR count). The quantitative estimate of drug-likeness (QED) is 0.669. The van der Waals surface area contributed by atoms with Gasteiger partial charge in [-0.15, -0.1) is 0 Å². The third-order valence-corrected chi connectivity index (χ3v) is 2.72.